The minimum atomic E-state index is -0.112. The van der Waals surface area contributed by atoms with Gasteiger partial charge in [0.2, 0.25) is 5.89 Å². The summed E-state index contributed by atoms with van der Waals surface area (Å²) in [5, 5.41) is 5.11. The van der Waals surface area contributed by atoms with E-state index in [1.165, 1.54) is 5.69 Å². The maximum Gasteiger partial charge on any atom is 0.232 e. The highest BCUT2D eigenvalue weighted by Gasteiger charge is 2.22. The molecule has 2 aromatic rings. The monoisotopic (exact) mass is 322 g/mol. The van der Waals surface area contributed by atoms with Crippen LogP contribution in [0.15, 0.2) is 9.68 Å². The third-order valence-corrected chi connectivity index (χ3v) is 4.38. The first-order valence-corrected chi connectivity index (χ1v) is 8.66. The summed E-state index contributed by atoms with van der Waals surface area (Å²) in [6.45, 7) is 15.8. The van der Waals surface area contributed by atoms with Crippen LogP contribution in [0.2, 0.25) is 0 Å². The van der Waals surface area contributed by atoms with E-state index in [-0.39, 0.29) is 5.41 Å². The van der Waals surface area contributed by atoms with Crippen molar-refractivity contribution in [3.63, 3.8) is 0 Å². The number of rotatable bonds is 5. The molecule has 22 heavy (non-hydrogen) atoms. The van der Waals surface area contributed by atoms with Crippen molar-refractivity contribution >= 4 is 11.8 Å². The first-order valence-electron chi connectivity index (χ1n) is 7.68. The second-order valence-corrected chi connectivity index (χ2v) is 8.07. The number of aryl methyl sites for hydroxylation is 1. The summed E-state index contributed by atoms with van der Waals surface area (Å²) < 4.78 is 7.63. The lowest BCUT2D eigenvalue weighted by molar-refractivity contribution is 0.319. The molecule has 6 heteroatoms. The number of imidazole rings is 1. The van der Waals surface area contributed by atoms with Gasteiger partial charge in [-0.1, -0.05) is 51.5 Å². The van der Waals surface area contributed by atoms with Crippen LogP contribution >= 0.6 is 11.8 Å². The molecule has 0 unspecified atom stereocenters. The van der Waals surface area contributed by atoms with Gasteiger partial charge < -0.3 is 9.09 Å². The van der Waals surface area contributed by atoms with E-state index in [2.05, 4.69) is 68.2 Å². The Bertz CT molecular complexity index is 637. The van der Waals surface area contributed by atoms with Crippen molar-refractivity contribution in [2.24, 2.45) is 5.92 Å². The van der Waals surface area contributed by atoms with Crippen LogP contribution in [-0.2, 0) is 17.7 Å². The molecule has 0 aromatic carbocycles. The molecule has 0 fully saturated rings. The Labute approximate surface area is 136 Å². The van der Waals surface area contributed by atoms with Crippen LogP contribution in [-0.4, -0.2) is 19.7 Å². The molecule has 0 saturated carbocycles. The topological polar surface area (TPSA) is 56.7 Å². The normalized spacial score (nSPS) is 12.4. The Morgan fingerprint density at radius 2 is 1.86 bits per heavy atom. The number of hydrogen-bond donors (Lipinski definition) is 0. The summed E-state index contributed by atoms with van der Waals surface area (Å²) in [6, 6.07) is 0. The third-order valence-electron chi connectivity index (χ3n) is 3.41. The molecule has 0 N–H and O–H groups in total. The number of hydrogen-bond acceptors (Lipinski definition) is 5. The van der Waals surface area contributed by atoms with Crippen molar-refractivity contribution in [2.75, 3.05) is 0 Å². The minimum Gasteiger partial charge on any atom is -0.339 e. The van der Waals surface area contributed by atoms with E-state index in [0.29, 0.717) is 17.6 Å². The largest absolute Gasteiger partial charge is 0.339 e. The summed E-state index contributed by atoms with van der Waals surface area (Å²) in [6.07, 6.45) is 0. The van der Waals surface area contributed by atoms with E-state index >= 15 is 0 Å². The fourth-order valence-corrected chi connectivity index (χ4v) is 3.00. The van der Waals surface area contributed by atoms with E-state index in [9.17, 15) is 0 Å². The number of thioether (sulfide) groups is 1. The van der Waals surface area contributed by atoms with Gasteiger partial charge >= 0.3 is 0 Å². The van der Waals surface area contributed by atoms with E-state index < -0.39 is 0 Å². The molecule has 2 heterocycles. The molecule has 0 saturated heterocycles. The highest BCUT2D eigenvalue weighted by atomic mass is 32.2. The lowest BCUT2D eigenvalue weighted by Crippen LogP contribution is -2.11. The van der Waals surface area contributed by atoms with Crippen molar-refractivity contribution in [3.8, 4) is 0 Å². The van der Waals surface area contributed by atoms with Gasteiger partial charge in [-0.15, -0.1) is 0 Å². The average molecular weight is 322 g/mol. The fraction of sp³-hybridized carbons (Fsp3) is 0.688. The summed E-state index contributed by atoms with van der Waals surface area (Å²) in [5.74, 6) is 2.67. The zero-order chi connectivity index (χ0) is 16.5. The molecule has 0 aliphatic heterocycles. The van der Waals surface area contributed by atoms with Crippen LogP contribution in [0.1, 0.15) is 57.7 Å². The standard InChI is InChI=1S/C16H26N4OS/c1-10(2)8-20-12(4)11(3)17-15(20)22-9-13-18-14(21-19-13)16(5,6)7/h10H,8-9H2,1-7H3. The summed E-state index contributed by atoms with van der Waals surface area (Å²) in [4.78, 5) is 9.15. The van der Waals surface area contributed by atoms with Gasteiger partial charge in [-0.2, -0.15) is 4.98 Å². The Morgan fingerprint density at radius 3 is 2.41 bits per heavy atom. The van der Waals surface area contributed by atoms with Gasteiger partial charge in [0.15, 0.2) is 11.0 Å². The molecular weight excluding hydrogens is 296 g/mol. The predicted molar refractivity (Wildman–Crippen MR) is 89.1 cm³/mol. The van der Waals surface area contributed by atoms with Crippen LogP contribution in [0.3, 0.4) is 0 Å². The average Bonchev–Trinajstić information content (AvgIpc) is 2.96. The zero-order valence-electron chi connectivity index (χ0n) is 14.6. The lowest BCUT2D eigenvalue weighted by Gasteiger charge is -2.11. The summed E-state index contributed by atoms with van der Waals surface area (Å²) in [7, 11) is 0. The molecule has 0 bridgehead atoms. The van der Waals surface area contributed by atoms with Crippen LogP contribution in [0.25, 0.3) is 0 Å². The maximum atomic E-state index is 5.34. The Hall–Kier alpha value is -1.30. The minimum absolute atomic E-state index is 0.112. The Morgan fingerprint density at radius 1 is 1.18 bits per heavy atom. The smallest absolute Gasteiger partial charge is 0.232 e. The lowest BCUT2D eigenvalue weighted by atomic mass is 9.97. The summed E-state index contributed by atoms with van der Waals surface area (Å²) in [5.41, 5.74) is 2.21. The fourth-order valence-electron chi connectivity index (χ4n) is 2.06. The molecule has 2 aromatic heterocycles. The molecule has 0 amide bonds. The van der Waals surface area contributed by atoms with E-state index in [1.54, 1.807) is 11.8 Å². The van der Waals surface area contributed by atoms with Gasteiger partial charge in [0.25, 0.3) is 0 Å². The van der Waals surface area contributed by atoms with Gasteiger partial charge in [-0.05, 0) is 19.8 Å². The van der Waals surface area contributed by atoms with Crippen molar-refractivity contribution in [2.45, 2.75) is 71.3 Å². The number of aromatic nitrogens is 4. The van der Waals surface area contributed by atoms with Gasteiger partial charge in [-0.25, -0.2) is 4.98 Å². The van der Waals surface area contributed by atoms with Crippen LogP contribution < -0.4 is 0 Å². The van der Waals surface area contributed by atoms with Crippen molar-refractivity contribution in [1.29, 1.82) is 0 Å². The molecule has 5 nitrogen and oxygen atoms in total. The Balaban J connectivity index is 2.11. The SMILES string of the molecule is Cc1nc(SCc2noc(C(C)(C)C)n2)n(CC(C)C)c1C. The van der Waals surface area contributed by atoms with Crippen molar-refractivity contribution in [1.82, 2.24) is 19.7 Å². The quantitative estimate of drug-likeness (QED) is 0.775. The van der Waals surface area contributed by atoms with Gasteiger partial charge in [0, 0.05) is 17.7 Å². The number of nitrogens with zero attached hydrogens (tertiary/aromatic N) is 4. The van der Waals surface area contributed by atoms with Gasteiger partial charge in [-0.3, -0.25) is 0 Å². The molecule has 0 radical (unpaired) electrons. The van der Waals surface area contributed by atoms with Gasteiger partial charge in [0.1, 0.15) is 0 Å². The van der Waals surface area contributed by atoms with Crippen LogP contribution in [0.5, 0.6) is 0 Å². The van der Waals surface area contributed by atoms with Gasteiger partial charge in [0.05, 0.1) is 11.4 Å². The van der Waals surface area contributed by atoms with Crippen LogP contribution in [0, 0.1) is 19.8 Å². The van der Waals surface area contributed by atoms with E-state index in [4.69, 9.17) is 4.52 Å². The second kappa shape index (κ2) is 6.44. The van der Waals surface area contributed by atoms with E-state index in [1.807, 2.05) is 0 Å². The van der Waals surface area contributed by atoms with Crippen molar-refractivity contribution in [3.05, 3.63) is 23.1 Å². The Kier molecular flexibility index (Phi) is 5.00. The predicted octanol–water partition coefficient (Wildman–Crippen LogP) is 4.13. The molecule has 122 valence electrons. The zero-order valence-corrected chi connectivity index (χ0v) is 15.4. The third kappa shape index (κ3) is 3.91. The maximum absolute atomic E-state index is 5.34. The molecule has 0 aliphatic carbocycles. The molecule has 0 spiro atoms. The first-order chi connectivity index (χ1) is 10.2. The summed E-state index contributed by atoms with van der Waals surface area (Å²) >= 11 is 1.67. The molecular formula is C16H26N4OS. The highest BCUT2D eigenvalue weighted by molar-refractivity contribution is 7.98. The molecule has 0 atom stereocenters. The van der Waals surface area contributed by atoms with Crippen LogP contribution in [0.4, 0.5) is 0 Å². The highest BCUT2D eigenvalue weighted by Crippen LogP contribution is 2.26. The van der Waals surface area contributed by atoms with E-state index in [0.717, 1.165) is 23.2 Å². The van der Waals surface area contributed by atoms with Crippen molar-refractivity contribution < 1.29 is 4.52 Å². The molecule has 0 aliphatic rings. The molecule has 2 rings (SSSR count). The first kappa shape index (κ1) is 17.1. The second-order valence-electron chi connectivity index (χ2n) is 7.12.